The highest BCUT2D eigenvalue weighted by molar-refractivity contribution is 5.90. The van der Waals surface area contributed by atoms with Gasteiger partial charge >= 0.3 is 0 Å². The minimum absolute atomic E-state index is 0.107. The normalized spacial score (nSPS) is 10.8. The van der Waals surface area contributed by atoms with E-state index in [9.17, 15) is 9.59 Å². The minimum Gasteiger partial charge on any atom is -0.339 e. The molecule has 0 bridgehead atoms. The van der Waals surface area contributed by atoms with Gasteiger partial charge in [-0.1, -0.05) is 0 Å². The molecule has 0 aliphatic carbocycles. The number of rotatable bonds is 6. The topological polar surface area (TPSA) is 120 Å². The molecule has 0 radical (unpaired) electrons. The lowest BCUT2D eigenvalue weighted by Crippen LogP contribution is -2.29. The molecule has 4 rings (SSSR count). The van der Waals surface area contributed by atoms with Gasteiger partial charge in [-0.2, -0.15) is 5.10 Å². The van der Waals surface area contributed by atoms with E-state index in [0.29, 0.717) is 28.6 Å². The molecule has 4 aromatic rings. The van der Waals surface area contributed by atoms with E-state index in [1.54, 1.807) is 30.7 Å². The van der Waals surface area contributed by atoms with Gasteiger partial charge in [0.1, 0.15) is 6.54 Å². The molecule has 10 nitrogen and oxygen atoms in total. The number of hydrogen-bond donors (Lipinski definition) is 2. The number of hydrogen-bond acceptors (Lipinski definition) is 7. The van der Waals surface area contributed by atoms with Gasteiger partial charge in [-0.25, -0.2) is 9.67 Å². The Balaban J connectivity index is 1.37. The summed E-state index contributed by atoms with van der Waals surface area (Å²) < 4.78 is 3.04. The van der Waals surface area contributed by atoms with Crippen molar-refractivity contribution in [2.24, 2.45) is 0 Å². The summed E-state index contributed by atoms with van der Waals surface area (Å²) in [7, 11) is 0. The molecule has 168 valence electrons. The molecule has 3 heterocycles. The molecule has 10 heteroatoms. The molecule has 0 spiro atoms. The van der Waals surface area contributed by atoms with Crippen molar-refractivity contribution in [1.29, 1.82) is 0 Å². The number of nitrogens with one attached hydrogen (secondary N) is 2. The smallest absolute Gasteiger partial charge is 0.256 e. The van der Waals surface area contributed by atoms with E-state index >= 15 is 0 Å². The summed E-state index contributed by atoms with van der Waals surface area (Å²) in [6, 6.07) is 12.8. The van der Waals surface area contributed by atoms with Crippen LogP contribution in [0.25, 0.3) is 5.82 Å². The summed E-state index contributed by atoms with van der Waals surface area (Å²) in [5.74, 6) is 0.912. The van der Waals surface area contributed by atoms with E-state index in [1.165, 1.54) is 10.9 Å². The van der Waals surface area contributed by atoms with Crippen LogP contribution in [0.1, 0.15) is 22.6 Å². The van der Waals surface area contributed by atoms with E-state index in [2.05, 4.69) is 30.9 Å². The number of aromatic nitrogens is 6. The van der Waals surface area contributed by atoms with Gasteiger partial charge in [0.15, 0.2) is 11.6 Å². The van der Waals surface area contributed by atoms with Crippen molar-refractivity contribution < 1.29 is 4.79 Å². The second-order valence-corrected chi connectivity index (χ2v) is 7.75. The van der Waals surface area contributed by atoms with Crippen molar-refractivity contribution in [3.8, 4) is 5.82 Å². The Kier molecular flexibility index (Phi) is 5.99. The van der Waals surface area contributed by atoms with Crippen LogP contribution < -0.4 is 16.2 Å². The average molecular weight is 444 g/mol. The van der Waals surface area contributed by atoms with Gasteiger partial charge in [-0.05, 0) is 70.2 Å². The highest BCUT2D eigenvalue weighted by Gasteiger charge is 2.09. The molecule has 3 aromatic heterocycles. The fraction of sp³-hybridized carbons (Fsp3) is 0.217. The zero-order chi connectivity index (χ0) is 23.5. The fourth-order valence-electron chi connectivity index (χ4n) is 3.29. The van der Waals surface area contributed by atoms with Crippen LogP contribution in [0.15, 0.2) is 53.6 Å². The predicted molar refractivity (Wildman–Crippen MR) is 125 cm³/mol. The summed E-state index contributed by atoms with van der Waals surface area (Å²) in [5.41, 5.74) is 4.27. The average Bonchev–Trinajstić information content (AvgIpc) is 3.14. The van der Waals surface area contributed by atoms with E-state index in [-0.39, 0.29) is 18.0 Å². The third kappa shape index (κ3) is 4.95. The Labute approximate surface area is 190 Å². The van der Waals surface area contributed by atoms with Gasteiger partial charge in [0.2, 0.25) is 5.91 Å². The molecule has 0 unspecified atom stereocenters. The summed E-state index contributed by atoms with van der Waals surface area (Å²) >= 11 is 0. The highest BCUT2D eigenvalue weighted by atomic mass is 16.2. The molecule has 0 aliphatic heterocycles. The number of benzene rings is 1. The van der Waals surface area contributed by atoms with Crippen molar-refractivity contribution in [2.45, 2.75) is 34.2 Å². The number of amides is 1. The van der Waals surface area contributed by atoms with E-state index in [1.807, 2.05) is 44.2 Å². The van der Waals surface area contributed by atoms with Gasteiger partial charge in [-0.3, -0.25) is 14.2 Å². The summed E-state index contributed by atoms with van der Waals surface area (Å²) in [5, 5.41) is 18.8. The van der Waals surface area contributed by atoms with E-state index in [4.69, 9.17) is 0 Å². The monoisotopic (exact) mass is 444 g/mol. The lowest BCUT2D eigenvalue weighted by Gasteiger charge is -2.10. The van der Waals surface area contributed by atoms with Crippen molar-refractivity contribution in [3.63, 3.8) is 0 Å². The van der Waals surface area contributed by atoms with Crippen LogP contribution in [0.5, 0.6) is 0 Å². The van der Waals surface area contributed by atoms with Crippen LogP contribution in [0, 0.1) is 27.7 Å². The molecule has 0 aliphatic rings. The first-order chi connectivity index (χ1) is 15.8. The SMILES string of the molecule is Cc1cc(C)n(-c2ccc(Nc3ccc(NC(=O)Cn4cnc(C)c(C)c4=O)cc3)nn2)n1. The quantitative estimate of drug-likeness (QED) is 0.469. The van der Waals surface area contributed by atoms with E-state index in [0.717, 1.165) is 17.1 Å². The summed E-state index contributed by atoms with van der Waals surface area (Å²) in [4.78, 5) is 28.7. The van der Waals surface area contributed by atoms with E-state index < -0.39 is 0 Å². The highest BCUT2D eigenvalue weighted by Crippen LogP contribution is 2.18. The summed E-state index contributed by atoms with van der Waals surface area (Å²) in [6.07, 6.45) is 1.39. The molecule has 0 saturated heterocycles. The number of aryl methyl sites for hydroxylation is 3. The molecule has 1 amide bonds. The largest absolute Gasteiger partial charge is 0.339 e. The van der Waals surface area contributed by atoms with Gasteiger partial charge < -0.3 is 10.6 Å². The number of carbonyl (C=O) groups is 1. The molecule has 33 heavy (non-hydrogen) atoms. The third-order valence-electron chi connectivity index (χ3n) is 5.15. The second-order valence-electron chi connectivity index (χ2n) is 7.75. The van der Waals surface area contributed by atoms with Crippen LogP contribution in [-0.4, -0.2) is 35.4 Å². The first kappa shape index (κ1) is 21.9. The Hall–Kier alpha value is -4.34. The fourth-order valence-corrected chi connectivity index (χ4v) is 3.29. The van der Waals surface area contributed by atoms with Crippen LogP contribution in [0.3, 0.4) is 0 Å². The Morgan fingerprint density at radius 1 is 0.970 bits per heavy atom. The van der Waals surface area contributed by atoms with Crippen molar-refractivity contribution in [1.82, 2.24) is 29.5 Å². The first-order valence-corrected chi connectivity index (χ1v) is 10.4. The molecule has 1 aromatic carbocycles. The molecular formula is C23H24N8O2. The second kappa shape index (κ2) is 9.03. The maximum atomic E-state index is 12.3. The van der Waals surface area contributed by atoms with Crippen molar-refractivity contribution in [3.05, 3.63) is 81.8 Å². The summed E-state index contributed by atoms with van der Waals surface area (Å²) in [6.45, 7) is 7.24. The number of nitrogens with zero attached hydrogens (tertiary/aromatic N) is 6. The van der Waals surface area contributed by atoms with Gasteiger partial charge in [0.25, 0.3) is 5.56 Å². The maximum Gasteiger partial charge on any atom is 0.256 e. The van der Waals surface area contributed by atoms with Crippen molar-refractivity contribution in [2.75, 3.05) is 10.6 Å². The van der Waals surface area contributed by atoms with Crippen molar-refractivity contribution >= 4 is 23.1 Å². The third-order valence-corrected chi connectivity index (χ3v) is 5.15. The number of carbonyl (C=O) groups excluding carboxylic acids is 1. The lowest BCUT2D eigenvalue weighted by atomic mass is 10.2. The lowest BCUT2D eigenvalue weighted by molar-refractivity contribution is -0.116. The molecule has 0 saturated carbocycles. The molecule has 2 N–H and O–H groups in total. The van der Waals surface area contributed by atoms with Crippen LogP contribution in [-0.2, 0) is 11.3 Å². The van der Waals surface area contributed by atoms with Crippen LogP contribution in [0.2, 0.25) is 0 Å². The zero-order valence-corrected chi connectivity index (χ0v) is 18.8. The van der Waals surface area contributed by atoms with Gasteiger partial charge in [-0.15, -0.1) is 10.2 Å². The van der Waals surface area contributed by atoms with Gasteiger partial charge in [0.05, 0.1) is 12.0 Å². The van der Waals surface area contributed by atoms with Gasteiger partial charge in [0, 0.05) is 28.3 Å². The Morgan fingerprint density at radius 3 is 2.33 bits per heavy atom. The zero-order valence-electron chi connectivity index (χ0n) is 18.8. The molecule has 0 fully saturated rings. The predicted octanol–water partition coefficient (Wildman–Crippen LogP) is 2.83. The van der Waals surface area contributed by atoms with Crippen LogP contribution >= 0.6 is 0 Å². The standard InChI is InChI=1S/C23H24N8O2/c1-14-11-15(2)31(29-14)21-10-9-20(27-28-21)25-18-5-7-19(8-6-18)26-22(32)12-30-13-24-17(4)16(3)23(30)33/h5-11,13H,12H2,1-4H3,(H,25,27)(H,26,32). The Morgan fingerprint density at radius 2 is 1.70 bits per heavy atom. The molecule has 0 atom stereocenters. The molecular weight excluding hydrogens is 420 g/mol. The minimum atomic E-state index is -0.312. The number of anilines is 3. The Bertz CT molecular complexity index is 1350. The maximum absolute atomic E-state index is 12.3. The van der Waals surface area contributed by atoms with Crippen LogP contribution in [0.4, 0.5) is 17.2 Å². The first-order valence-electron chi connectivity index (χ1n) is 10.4.